The van der Waals surface area contributed by atoms with Gasteiger partial charge < -0.3 is 14.4 Å². The van der Waals surface area contributed by atoms with E-state index in [4.69, 9.17) is 26.1 Å². The van der Waals surface area contributed by atoms with Gasteiger partial charge in [-0.05, 0) is 56.1 Å². The van der Waals surface area contributed by atoms with E-state index >= 15 is 0 Å². The first-order valence-electron chi connectivity index (χ1n) is 11.9. The van der Waals surface area contributed by atoms with Crippen molar-refractivity contribution in [1.82, 2.24) is 9.80 Å². The maximum absolute atomic E-state index is 6.30. The minimum absolute atomic E-state index is 0.314. The van der Waals surface area contributed by atoms with Crippen molar-refractivity contribution in [1.29, 1.82) is 0 Å². The Morgan fingerprint density at radius 1 is 1.21 bits per heavy atom. The Morgan fingerprint density at radius 2 is 2.03 bits per heavy atom. The number of nitrogens with zero attached hydrogens (tertiary/aromatic N) is 3. The summed E-state index contributed by atoms with van der Waals surface area (Å²) in [5.41, 5.74) is 1.76. The van der Waals surface area contributed by atoms with E-state index in [0.717, 1.165) is 66.9 Å². The summed E-state index contributed by atoms with van der Waals surface area (Å²) in [4.78, 5) is 10.0. The molecule has 0 unspecified atom stereocenters. The summed E-state index contributed by atoms with van der Waals surface area (Å²) in [6.07, 6.45) is 2.00. The Morgan fingerprint density at radius 3 is 2.82 bits per heavy atom. The Kier molecular flexibility index (Phi) is 7.61. The van der Waals surface area contributed by atoms with Crippen LogP contribution in [0.5, 0.6) is 11.5 Å². The van der Waals surface area contributed by atoms with E-state index < -0.39 is 0 Å². The fraction of sp³-hybridized carbons (Fsp3) is 0.444. The molecule has 2 aliphatic rings. The molecular formula is C27H34ClN3O2. The topological polar surface area (TPSA) is 37.3 Å². The van der Waals surface area contributed by atoms with Gasteiger partial charge in [-0.1, -0.05) is 44.2 Å². The first kappa shape index (κ1) is 23.7. The van der Waals surface area contributed by atoms with Crippen LogP contribution >= 0.6 is 11.6 Å². The van der Waals surface area contributed by atoms with Crippen LogP contribution < -0.4 is 4.74 Å². The third-order valence-corrected chi connectivity index (χ3v) is 6.44. The van der Waals surface area contributed by atoms with Crippen LogP contribution in [0.15, 0.2) is 59.8 Å². The van der Waals surface area contributed by atoms with Gasteiger partial charge in [0.2, 0.25) is 0 Å². The van der Waals surface area contributed by atoms with Gasteiger partial charge in [-0.15, -0.1) is 0 Å². The predicted octanol–water partition coefficient (Wildman–Crippen LogP) is 6.50. The molecule has 0 spiro atoms. The van der Waals surface area contributed by atoms with Crippen LogP contribution in [0.25, 0.3) is 0 Å². The summed E-state index contributed by atoms with van der Waals surface area (Å²) in [6.45, 7) is 15.2. The molecule has 0 bridgehead atoms. The molecule has 1 fully saturated rings. The minimum Gasteiger partial charge on any atom is -0.499 e. The van der Waals surface area contributed by atoms with Gasteiger partial charge in [0.05, 0.1) is 17.9 Å². The number of piperazine rings is 1. The molecule has 5 nitrogen and oxygen atoms in total. The van der Waals surface area contributed by atoms with E-state index in [0.29, 0.717) is 23.6 Å². The third-order valence-electron chi connectivity index (χ3n) is 6.20. The van der Waals surface area contributed by atoms with Crippen molar-refractivity contribution in [3.05, 3.63) is 65.4 Å². The molecule has 0 saturated carbocycles. The zero-order valence-electron chi connectivity index (χ0n) is 19.9. The van der Waals surface area contributed by atoms with Crippen LogP contribution in [0, 0.1) is 5.92 Å². The van der Waals surface area contributed by atoms with E-state index in [9.17, 15) is 0 Å². The smallest absolute Gasteiger partial charge is 0.153 e. The van der Waals surface area contributed by atoms with Gasteiger partial charge in [-0.25, -0.2) is 4.99 Å². The molecule has 0 radical (unpaired) electrons. The van der Waals surface area contributed by atoms with Crippen LogP contribution in [-0.2, 0) is 4.74 Å². The van der Waals surface area contributed by atoms with E-state index in [1.54, 1.807) is 0 Å². The van der Waals surface area contributed by atoms with Gasteiger partial charge in [-0.3, -0.25) is 4.90 Å². The van der Waals surface area contributed by atoms with Crippen LogP contribution in [0.4, 0.5) is 5.69 Å². The average Bonchev–Trinajstić information content (AvgIpc) is 2.95. The van der Waals surface area contributed by atoms with Gasteiger partial charge in [-0.2, -0.15) is 0 Å². The summed E-state index contributed by atoms with van der Waals surface area (Å²) in [5.74, 6) is 3.99. The Balaban J connectivity index is 1.65. The molecule has 0 amide bonds. The molecule has 2 aromatic rings. The van der Waals surface area contributed by atoms with Gasteiger partial charge in [0.15, 0.2) is 5.75 Å². The normalized spacial score (nSPS) is 18.2. The first-order chi connectivity index (χ1) is 15.9. The van der Waals surface area contributed by atoms with E-state index in [-0.39, 0.29) is 0 Å². The van der Waals surface area contributed by atoms with Gasteiger partial charge in [0.1, 0.15) is 17.3 Å². The van der Waals surface area contributed by atoms with Crippen molar-refractivity contribution in [2.75, 3.05) is 32.8 Å². The second-order valence-corrected chi connectivity index (χ2v) is 9.58. The summed E-state index contributed by atoms with van der Waals surface area (Å²) in [7, 11) is 0. The average molecular weight is 468 g/mol. The monoisotopic (exact) mass is 467 g/mol. The van der Waals surface area contributed by atoms with Crippen molar-refractivity contribution < 1.29 is 9.47 Å². The first-order valence-corrected chi connectivity index (χ1v) is 12.3. The molecule has 2 heterocycles. The van der Waals surface area contributed by atoms with Crippen molar-refractivity contribution in [2.24, 2.45) is 10.9 Å². The molecular weight excluding hydrogens is 434 g/mol. The second kappa shape index (κ2) is 10.6. The number of rotatable bonds is 7. The predicted molar refractivity (Wildman–Crippen MR) is 136 cm³/mol. The zero-order chi connectivity index (χ0) is 23.4. The number of hydrogen-bond acceptors (Lipinski definition) is 5. The van der Waals surface area contributed by atoms with Gasteiger partial charge in [0, 0.05) is 37.1 Å². The highest BCUT2D eigenvalue weighted by Crippen LogP contribution is 2.39. The van der Waals surface area contributed by atoms with Crippen LogP contribution in [0.3, 0.4) is 0 Å². The fourth-order valence-corrected chi connectivity index (χ4v) is 4.63. The molecule has 176 valence electrons. The highest BCUT2D eigenvalue weighted by atomic mass is 35.5. The van der Waals surface area contributed by atoms with Crippen molar-refractivity contribution in [3.8, 4) is 11.5 Å². The molecule has 0 aliphatic carbocycles. The quantitative estimate of drug-likeness (QED) is 0.436. The molecule has 2 aliphatic heterocycles. The fourth-order valence-electron chi connectivity index (χ4n) is 4.46. The number of ether oxygens (including phenoxy) is 2. The number of para-hydroxylation sites is 1. The number of halogens is 1. The summed E-state index contributed by atoms with van der Waals surface area (Å²) >= 11 is 6.30. The molecule has 1 atom stereocenters. The lowest BCUT2D eigenvalue weighted by Gasteiger charge is -2.43. The lowest BCUT2D eigenvalue weighted by Crippen LogP contribution is -2.55. The van der Waals surface area contributed by atoms with Crippen LogP contribution in [0.2, 0.25) is 5.02 Å². The number of amidine groups is 1. The zero-order valence-corrected chi connectivity index (χ0v) is 20.6. The summed E-state index contributed by atoms with van der Waals surface area (Å²) < 4.78 is 12.0. The summed E-state index contributed by atoms with van der Waals surface area (Å²) in [5, 5.41) is 0.649. The standard InChI is InChI=1S/C27H34ClN3O2/c1-5-32-20(4)16-22-18-31(15-14-30(22)13-12-19(2)3)27-23-8-6-7-9-25(23)33-26-11-10-21(28)17-24(26)29-27/h6-11,17,19,22H,4-5,12-16,18H2,1-3H3/t22-/m0/s1. The van der Waals surface area contributed by atoms with Gasteiger partial charge in [0.25, 0.3) is 0 Å². The number of fused-ring (bicyclic) bond motifs is 2. The molecule has 2 aromatic carbocycles. The maximum atomic E-state index is 6.30. The largest absolute Gasteiger partial charge is 0.499 e. The molecule has 0 N–H and O–H groups in total. The van der Waals surface area contributed by atoms with Crippen molar-refractivity contribution in [3.63, 3.8) is 0 Å². The minimum atomic E-state index is 0.314. The highest BCUT2D eigenvalue weighted by Gasteiger charge is 2.31. The third kappa shape index (κ3) is 5.71. The number of hydrogen-bond donors (Lipinski definition) is 0. The van der Waals surface area contributed by atoms with E-state index in [1.165, 1.54) is 6.42 Å². The maximum Gasteiger partial charge on any atom is 0.153 e. The van der Waals surface area contributed by atoms with Crippen molar-refractivity contribution in [2.45, 2.75) is 39.7 Å². The van der Waals surface area contributed by atoms with E-state index in [1.807, 2.05) is 43.3 Å². The lowest BCUT2D eigenvalue weighted by atomic mass is 10.0. The lowest BCUT2D eigenvalue weighted by molar-refractivity contribution is 0.0914. The Labute approximate surface area is 202 Å². The summed E-state index contributed by atoms with van der Waals surface area (Å²) in [6, 6.07) is 14.0. The van der Waals surface area contributed by atoms with Gasteiger partial charge >= 0.3 is 0 Å². The molecule has 4 rings (SSSR count). The Hall–Kier alpha value is -2.50. The SMILES string of the molecule is C=C(C[C@H]1CN(C2=Nc3cc(Cl)ccc3Oc3ccccc32)CCN1CCC(C)C)OCC. The molecule has 6 heteroatoms. The Bertz CT molecular complexity index is 1020. The molecule has 0 aromatic heterocycles. The van der Waals surface area contributed by atoms with Crippen LogP contribution in [-0.4, -0.2) is 54.5 Å². The number of benzene rings is 2. The van der Waals surface area contributed by atoms with Crippen molar-refractivity contribution >= 4 is 23.1 Å². The second-order valence-electron chi connectivity index (χ2n) is 9.14. The molecule has 33 heavy (non-hydrogen) atoms. The molecule has 1 saturated heterocycles. The van der Waals surface area contributed by atoms with Crippen LogP contribution in [0.1, 0.15) is 39.2 Å². The van der Waals surface area contributed by atoms with E-state index in [2.05, 4.69) is 36.3 Å². The number of aliphatic imine (C=N–C) groups is 1. The highest BCUT2D eigenvalue weighted by molar-refractivity contribution is 6.31.